The van der Waals surface area contributed by atoms with Crippen molar-refractivity contribution >= 4 is 23.0 Å². The molecule has 0 aliphatic carbocycles. The average molecular weight is 438 g/mol. The fraction of sp³-hybridized carbons (Fsp3) is 0.214. The summed E-state index contributed by atoms with van der Waals surface area (Å²) in [6.45, 7) is 3.61. The van der Waals surface area contributed by atoms with Gasteiger partial charge in [0, 0.05) is 18.8 Å². The van der Waals surface area contributed by atoms with Gasteiger partial charge < -0.3 is 16.0 Å². The van der Waals surface area contributed by atoms with Gasteiger partial charge in [0.15, 0.2) is 11.6 Å². The van der Waals surface area contributed by atoms with Crippen LogP contribution in [0.4, 0.5) is 23.0 Å². The molecular weight excluding hydrogens is 406 g/mol. The van der Waals surface area contributed by atoms with Gasteiger partial charge in [-0.25, -0.2) is 9.97 Å². The zero-order chi connectivity index (χ0) is 22.9. The van der Waals surface area contributed by atoms with Crippen molar-refractivity contribution in [3.63, 3.8) is 0 Å². The van der Waals surface area contributed by atoms with E-state index in [1.54, 1.807) is 6.33 Å². The van der Waals surface area contributed by atoms with Crippen LogP contribution in [-0.4, -0.2) is 9.97 Å². The van der Waals surface area contributed by atoms with Crippen LogP contribution >= 0.6 is 0 Å². The molecule has 4 rings (SSSR count). The SMILES string of the molecule is CCCCc1ccc(Nc2ncnc(N(Cc3ccccc3)Cc3ccccc3)c2N)cc1. The summed E-state index contributed by atoms with van der Waals surface area (Å²) in [5.74, 6) is 1.34. The van der Waals surface area contributed by atoms with E-state index in [0.29, 0.717) is 24.6 Å². The number of hydrogen-bond acceptors (Lipinski definition) is 5. The van der Waals surface area contributed by atoms with Crippen LogP contribution in [-0.2, 0) is 19.5 Å². The summed E-state index contributed by atoms with van der Waals surface area (Å²) in [5, 5.41) is 3.38. The quantitative estimate of drug-likeness (QED) is 0.302. The second-order valence-corrected chi connectivity index (χ2v) is 8.21. The van der Waals surface area contributed by atoms with Gasteiger partial charge in [-0.05, 0) is 41.7 Å². The molecule has 33 heavy (non-hydrogen) atoms. The van der Waals surface area contributed by atoms with E-state index in [1.165, 1.54) is 29.5 Å². The summed E-state index contributed by atoms with van der Waals surface area (Å²) in [4.78, 5) is 11.2. The van der Waals surface area contributed by atoms with Gasteiger partial charge >= 0.3 is 0 Å². The highest BCUT2D eigenvalue weighted by molar-refractivity contribution is 5.78. The molecule has 0 bridgehead atoms. The largest absolute Gasteiger partial charge is 0.393 e. The lowest BCUT2D eigenvalue weighted by molar-refractivity contribution is 0.782. The third-order valence-electron chi connectivity index (χ3n) is 5.63. The Labute approximate surface area is 196 Å². The molecule has 0 atom stereocenters. The molecule has 1 aromatic heterocycles. The van der Waals surface area contributed by atoms with Crippen LogP contribution in [0.2, 0.25) is 0 Å². The minimum absolute atomic E-state index is 0.541. The Morgan fingerprint density at radius 3 is 1.94 bits per heavy atom. The van der Waals surface area contributed by atoms with Crippen molar-refractivity contribution in [1.29, 1.82) is 0 Å². The Morgan fingerprint density at radius 1 is 0.758 bits per heavy atom. The first-order chi connectivity index (χ1) is 16.2. The molecule has 0 aliphatic heterocycles. The predicted octanol–water partition coefficient (Wildman–Crippen LogP) is 6.35. The van der Waals surface area contributed by atoms with Crippen LogP contribution in [0.1, 0.15) is 36.5 Å². The van der Waals surface area contributed by atoms with E-state index >= 15 is 0 Å². The lowest BCUT2D eigenvalue weighted by atomic mass is 10.1. The molecule has 0 radical (unpaired) electrons. The monoisotopic (exact) mass is 437 g/mol. The number of anilines is 4. The Balaban J connectivity index is 1.58. The van der Waals surface area contributed by atoms with Gasteiger partial charge in [-0.3, -0.25) is 0 Å². The van der Waals surface area contributed by atoms with Gasteiger partial charge in [0.25, 0.3) is 0 Å². The molecule has 0 saturated heterocycles. The normalized spacial score (nSPS) is 10.7. The number of nitrogens with two attached hydrogens (primary N) is 1. The molecule has 5 nitrogen and oxygen atoms in total. The van der Waals surface area contributed by atoms with E-state index < -0.39 is 0 Å². The van der Waals surface area contributed by atoms with E-state index in [-0.39, 0.29) is 0 Å². The van der Waals surface area contributed by atoms with Gasteiger partial charge in [-0.2, -0.15) is 0 Å². The summed E-state index contributed by atoms with van der Waals surface area (Å²) in [6.07, 6.45) is 5.08. The molecule has 4 aromatic rings. The molecule has 0 aliphatic rings. The standard InChI is InChI=1S/C28H31N5/c1-2-3-10-22-15-17-25(18-16-22)32-27-26(29)28(31-21-30-27)33(19-23-11-6-4-7-12-23)20-24-13-8-5-9-14-24/h4-9,11-18,21H,2-3,10,19-20,29H2,1H3,(H,30,31,32). The number of hydrogen-bond donors (Lipinski definition) is 2. The summed E-state index contributed by atoms with van der Waals surface area (Å²) in [7, 11) is 0. The fourth-order valence-electron chi connectivity index (χ4n) is 3.82. The maximum absolute atomic E-state index is 6.61. The van der Waals surface area contributed by atoms with Crippen LogP contribution in [0.15, 0.2) is 91.3 Å². The van der Waals surface area contributed by atoms with Crippen molar-refractivity contribution in [2.24, 2.45) is 0 Å². The van der Waals surface area contributed by atoms with Crippen molar-refractivity contribution in [3.8, 4) is 0 Å². The van der Waals surface area contributed by atoms with Crippen molar-refractivity contribution < 1.29 is 0 Å². The second-order valence-electron chi connectivity index (χ2n) is 8.21. The van der Waals surface area contributed by atoms with E-state index in [9.17, 15) is 0 Å². The summed E-state index contributed by atoms with van der Waals surface area (Å²) < 4.78 is 0. The number of aromatic nitrogens is 2. The zero-order valence-electron chi connectivity index (χ0n) is 19.1. The highest BCUT2D eigenvalue weighted by Gasteiger charge is 2.16. The molecule has 168 valence electrons. The average Bonchev–Trinajstić information content (AvgIpc) is 2.86. The third-order valence-corrected chi connectivity index (χ3v) is 5.63. The van der Waals surface area contributed by atoms with Crippen LogP contribution in [0.5, 0.6) is 0 Å². The summed E-state index contributed by atoms with van der Waals surface area (Å²) >= 11 is 0. The zero-order valence-corrected chi connectivity index (χ0v) is 19.1. The van der Waals surface area contributed by atoms with Crippen molar-refractivity contribution in [1.82, 2.24) is 9.97 Å². The molecule has 0 spiro atoms. The number of rotatable bonds is 10. The predicted molar refractivity (Wildman–Crippen MR) is 138 cm³/mol. The van der Waals surface area contributed by atoms with Crippen molar-refractivity contribution in [2.45, 2.75) is 39.3 Å². The molecule has 0 saturated carbocycles. The number of nitrogens with zero attached hydrogens (tertiary/aromatic N) is 3. The minimum Gasteiger partial charge on any atom is -0.393 e. The molecule has 1 heterocycles. The Bertz CT molecular complexity index is 1090. The first-order valence-electron chi connectivity index (χ1n) is 11.5. The molecule has 5 heteroatoms. The molecule has 3 N–H and O–H groups in total. The fourth-order valence-corrected chi connectivity index (χ4v) is 3.82. The molecule has 0 fully saturated rings. The van der Waals surface area contributed by atoms with Gasteiger partial charge in [-0.15, -0.1) is 0 Å². The maximum Gasteiger partial charge on any atom is 0.159 e. The Morgan fingerprint density at radius 2 is 1.36 bits per heavy atom. The number of benzene rings is 3. The van der Waals surface area contributed by atoms with Gasteiger partial charge in [0.05, 0.1) is 0 Å². The topological polar surface area (TPSA) is 67.1 Å². The van der Waals surface area contributed by atoms with Gasteiger partial charge in [-0.1, -0.05) is 86.1 Å². The Kier molecular flexibility index (Phi) is 7.54. The number of nitrogen functional groups attached to an aromatic ring is 1. The van der Waals surface area contributed by atoms with E-state index in [4.69, 9.17) is 5.73 Å². The first kappa shape index (κ1) is 22.3. The van der Waals surface area contributed by atoms with Crippen LogP contribution < -0.4 is 16.0 Å². The van der Waals surface area contributed by atoms with Crippen molar-refractivity contribution in [2.75, 3.05) is 16.0 Å². The molecule has 3 aromatic carbocycles. The second kappa shape index (κ2) is 11.1. The highest BCUT2D eigenvalue weighted by atomic mass is 15.2. The minimum atomic E-state index is 0.541. The van der Waals surface area contributed by atoms with E-state index in [0.717, 1.165) is 17.9 Å². The molecule has 0 amide bonds. The first-order valence-corrected chi connectivity index (χ1v) is 11.5. The number of unbranched alkanes of at least 4 members (excludes halogenated alkanes) is 1. The lowest BCUT2D eigenvalue weighted by Crippen LogP contribution is -2.24. The van der Waals surface area contributed by atoms with Crippen LogP contribution in [0.3, 0.4) is 0 Å². The van der Waals surface area contributed by atoms with Gasteiger partial charge in [0.1, 0.15) is 12.0 Å². The van der Waals surface area contributed by atoms with E-state index in [1.807, 2.05) is 12.1 Å². The number of nitrogens with one attached hydrogen (secondary N) is 1. The van der Waals surface area contributed by atoms with Crippen molar-refractivity contribution in [3.05, 3.63) is 108 Å². The smallest absolute Gasteiger partial charge is 0.159 e. The Hall–Kier alpha value is -3.86. The van der Waals surface area contributed by atoms with Crippen LogP contribution in [0.25, 0.3) is 0 Å². The van der Waals surface area contributed by atoms with E-state index in [2.05, 4.69) is 99.9 Å². The summed E-state index contributed by atoms with van der Waals surface area (Å²) in [5.41, 5.74) is 11.8. The molecular formula is C28H31N5. The highest BCUT2D eigenvalue weighted by Crippen LogP contribution is 2.30. The maximum atomic E-state index is 6.61. The lowest BCUT2D eigenvalue weighted by Gasteiger charge is -2.26. The van der Waals surface area contributed by atoms with Crippen LogP contribution in [0, 0.1) is 0 Å². The number of aryl methyl sites for hydroxylation is 1. The van der Waals surface area contributed by atoms with Gasteiger partial charge in [0.2, 0.25) is 0 Å². The third kappa shape index (κ3) is 6.10. The summed E-state index contributed by atoms with van der Waals surface area (Å²) in [6, 6.07) is 29.2. The molecule has 0 unspecified atom stereocenters.